The molecule has 84 valence electrons. The van der Waals surface area contributed by atoms with Gasteiger partial charge >= 0.3 is 0 Å². The molecule has 0 aliphatic rings. The van der Waals surface area contributed by atoms with Gasteiger partial charge in [0.2, 0.25) is 0 Å². The molecule has 1 aromatic rings. The molecule has 1 atom stereocenters. The molecule has 0 radical (unpaired) electrons. The molecular formula is C12H18BrNS. The predicted molar refractivity (Wildman–Crippen MR) is 73.0 cm³/mol. The maximum Gasteiger partial charge on any atom is 0.0404 e. The second-order valence-electron chi connectivity index (χ2n) is 4.58. The first-order valence-corrected chi connectivity index (χ1v) is 6.69. The Kier molecular flexibility index (Phi) is 4.68. The highest BCUT2D eigenvalue weighted by atomic mass is 79.9. The van der Waals surface area contributed by atoms with Gasteiger partial charge in [-0.1, -0.05) is 46.1 Å². The molecule has 15 heavy (non-hydrogen) atoms. The second kappa shape index (κ2) is 5.37. The average molecular weight is 288 g/mol. The molecule has 0 spiro atoms. The van der Waals surface area contributed by atoms with E-state index in [9.17, 15) is 0 Å². The summed E-state index contributed by atoms with van der Waals surface area (Å²) in [6, 6.07) is 8.68. The van der Waals surface area contributed by atoms with Crippen LogP contribution < -0.4 is 4.72 Å². The second-order valence-corrected chi connectivity index (χ2v) is 7.09. The Bertz CT molecular complexity index is 320. The molecule has 1 rings (SSSR count). The average Bonchev–Trinajstić information content (AvgIpc) is 2.14. The van der Waals surface area contributed by atoms with E-state index < -0.39 is 0 Å². The fourth-order valence-corrected chi connectivity index (χ4v) is 2.44. The van der Waals surface area contributed by atoms with E-state index in [0.29, 0.717) is 6.04 Å². The minimum Gasteiger partial charge on any atom is -0.256 e. The lowest BCUT2D eigenvalue weighted by Gasteiger charge is -2.22. The summed E-state index contributed by atoms with van der Waals surface area (Å²) in [5, 5.41) is 0. The maximum atomic E-state index is 3.57. The van der Waals surface area contributed by atoms with E-state index in [-0.39, 0.29) is 4.75 Å². The van der Waals surface area contributed by atoms with Crippen molar-refractivity contribution in [1.82, 2.24) is 4.72 Å². The predicted octanol–water partition coefficient (Wildman–Crippen LogP) is 4.55. The van der Waals surface area contributed by atoms with Crippen LogP contribution in [-0.4, -0.2) is 4.75 Å². The van der Waals surface area contributed by atoms with Crippen LogP contribution in [-0.2, 0) is 0 Å². The standard InChI is InChI=1S/C12H18BrNS/c1-9(14-15-12(2,3)4)10-7-5-6-8-11(10)13/h5-9,14H,1-4H3/t9-/m0/s1. The smallest absolute Gasteiger partial charge is 0.0404 e. The first kappa shape index (κ1) is 13.1. The van der Waals surface area contributed by atoms with Gasteiger partial charge in [-0.25, -0.2) is 0 Å². The molecule has 0 bridgehead atoms. The molecule has 0 fully saturated rings. The maximum absolute atomic E-state index is 3.57. The van der Waals surface area contributed by atoms with Crippen molar-refractivity contribution >= 4 is 27.9 Å². The molecule has 0 heterocycles. The van der Waals surface area contributed by atoms with Crippen molar-refractivity contribution in [3.05, 3.63) is 34.3 Å². The van der Waals surface area contributed by atoms with Gasteiger partial charge in [-0.2, -0.15) is 0 Å². The van der Waals surface area contributed by atoms with Gasteiger partial charge in [-0.3, -0.25) is 4.72 Å². The number of hydrogen-bond donors (Lipinski definition) is 1. The SMILES string of the molecule is C[C@H](NSC(C)(C)C)c1ccccc1Br. The third-order valence-corrected chi connectivity index (χ3v) is 3.72. The highest BCUT2D eigenvalue weighted by Gasteiger charge is 2.14. The summed E-state index contributed by atoms with van der Waals surface area (Å²) < 4.78 is 4.88. The quantitative estimate of drug-likeness (QED) is 0.819. The van der Waals surface area contributed by atoms with Gasteiger partial charge in [-0.05, 0) is 39.3 Å². The Morgan fingerprint density at radius 3 is 2.40 bits per heavy atom. The molecule has 0 amide bonds. The summed E-state index contributed by atoms with van der Waals surface area (Å²) >= 11 is 5.34. The van der Waals surface area contributed by atoms with Crippen LogP contribution in [0.1, 0.15) is 39.3 Å². The Morgan fingerprint density at radius 1 is 1.27 bits per heavy atom. The van der Waals surface area contributed by atoms with Crippen LogP contribution >= 0.6 is 27.9 Å². The summed E-state index contributed by atoms with van der Waals surface area (Å²) in [5.41, 5.74) is 1.30. The van der Waals surface area contributed by atoms with Crippen molar-refractivity contribution in [3.63, 3.8) is 0 Å². The van der Waals surface area contributed by atoms with Crippen molar-refractivity contribution < 1.29 is 0 Å². The highest BCUT2D eigenvalue weighted by Crippen LogP contribution is 2.27. The van der Waals surface area contributed by atoms with Crippen molar-refractivity contribution in [2.24, 2.45) is 0 Å². The van der Waals surface area contributed by atoms with Crippen LogP contribution in [0.3, 0.4) is 0 Å². The molecular weight excluding hydrogens is 270 g/mol. The minimum absolute atomic E-state index is 0.246. The number of nitrogens with one attached hydrogen (secondary N) is 1. The van der Waals surface area contributed by atoms with Gasteiger partial charge in [0.05, 0.1) is 0 Å². The first-order chi connectivity index (χ1) is 6.90. The summed E-state index contributed by atoms with van der Waals surface area (Å²) in [6.07, 6.45) is 0. The highest BCUT2D eigenvalue weighted by molar-refractivity contribution is 9.10. The molecule has 3 heteroatoms. The molecule has 0 saturated heterocycles. The monoisotopic (exact) mass is 287 g/mol. The molecule has 1 N–H and O–H groups in total. The van der Waals surface area contributed by atoms with E-state index in [0.717, 1.165) is 0 Å². The summed E-state index contributed by atoms with van der Waals surface area (Å²) in [7, 11) is 0. The van der Waals surface area contributed by atoms with Crippen LogP contribution in [0.5, 0.6) is 0 Å². The van der Waals surface area contributed by atoms with Gasteiger partial charge in [0.15, 0.2) is 0 Å². The van der Waals surface area contributed by atoms with Gasteiger partial charge in [0.25, 0.3) is 0 Å². The lowest BCUT2D eigenvalue weighted by molar-refractivity contribution is 0.721. The summed E-state index contributed by atoms with van der Waals surface area (Å²) in [6.45, 7) is 8.80. The van der Waals surface area contributed by atoms with Crippen molar-refractivity contribution in [1.29, 1.82) is 0 Å². The van der Waals surface area contributed by atoms with Crippen LogP contribution in [0.2, 0.25) is 0 Å². The van der Waals surface area contributed by atoms with Crippen LogP contribution in [0.15, 0.2) is 28.7 Å². The first-order valence-electron chi connectivity index (χ1n) is 5.08. The minimum atomic E-state index is 0.246. The van der Waals surface area contributed by atoms with E-state index in [1.807, 2.05) is 6.07 Å². The zero-order valence-electron chi connectivity index (χ0n) is 9.67. The Balaban J connectivity index is 2.62. The lowest BCUT2D eigenvalue weighted by Crippen LogP contribution is -2.20. The van der Waals surface area contributed by atoms with Crippen molar-refractivity contribution in [2.45, 2.75) is 38.5 Å². The fourth-order valence-electron chi connectivity index (χ4n) is 1.15. The molecule has 0 saturated carbocycles. The number of benzene rings is 1. The van der Waals surface area contributed by atoms with E-state index in [4.69, 9.17) is 0 Å². The van der Waals surface area contributed by atoms with Crippen molar-refractivity contribution in [2.75, 3.05) is 0 Å². The van der Waals surface area contributed by atoms with E-state index in [2.05, 4.69) is 66.5 Å². The van der Waals surface area contributed by atoms with Gasteiger partial charge in [0.1, 0.15) is 0 Å². The van der Waals surface area contributed by atoms with Gasteiger partial charge in [-0.15, -0.1) is 0 Å². The molecule has 0 aromatic heterocycles. The van der Waals surface area contributed by atoms with E-state index in [1.165, 1.54) is 10.0 Å². The van der Waals surface area contributed by atoms with Crippen LogP contribution in [0.4, 0.5) is 0 Å². The Hall–Kier alpha value is 0.01000. The fraction of sp³-hybridized carbons (Fsp3) is 0.500. The molecule has 1 nitrogen and oxygen atoms in total. The zero-order chi connectivity index (χ0) is 11.5. The van der Waals surface area contributed by atoms with Crippen LogP contribution in [0.25, 0.3) is 0 Å². The lowest BCUT2D eigenvalue weighted by atomic mass is 10.1. The molecule has 0 unspecified atom stereocenters. The zero-order valence-corrected chi connectivity index (χ0v) is 12.1. The van der Waals surface area contributed by atoms with Crippen molar-refractivity contribution in [3.8, 4) is 0 Å². The Morgan fingerprint density at radius 2 is 1.87 bits per heavy atom. The Labute approximate surface area is 105 Å². The van der Waals surface area contributed by atoms with Gasteiger partial charge < -0.3 is 0 Å². The van der Waals surface area contributed by atoms with Gasteiger partial charge in [0, 0.05) is 15.3 Å². The largest absolute Gasteiger partial charge is 0.256 e. The molecule has 1 aromatic carbocycles. The summed E-state index contributed by atoms with van der Waals surface area (Å²) in [5.74, 6) is 0. The summed E-state index contributed by atoms with van der Waals surface area (Å²) in [4.78, 5) is 0. The van der Waals surface area contributed by atoms with E-state index >= 15 is 0 Å². The third-order valence-electron chi connectivity index (χ3n) is 1.91. The number of hydrogen-bond acceptors (Lipinski definition) is 2. The molecule has 0 aliphatic heterocycles. The topological polar surface area (TPSA) is 12.0 Å². The molecule has 0 aliphatic carbocycles. The number of rotatable bonds is 3. The third kappa shape index (κ3) is 4.58. The van der Waals surface area contributed by atoms with E-state index in [1.54, 1.807) is 11.9 Å². The normalized spacial score (nSPS) is 13.9. The van der Waals surface area contributed by atoms with Crippen LogP contribution in [0, 0.1) is 0 Å². The number of halogens is 1.